The van der Waals surface area contributed by atoms with Crippen LogP contribution in [0.5, 0.6) is 0 Å². The van der Waals surface area contributed by atoms with E-state index in [1.807, 2.05) is 89.1 Å². The highest BCUT2D eigenvalue weighted by atomic mass is 32.1. The van der Waals surface area contributed by atoms with Crippen molar-refractivity contribution in [1.82, 2.24) is 0 Å². The minimum atomic E-state index is -0.480. The van der Waals surface area contributed by atoms with Crippen LogP contribution in [0.2, 0.25) is 0 Å². The van der Waals surface area contributed by atoms with Crippen molar-refractivity contribution >= 4 is 34.9 Å². The zero-order valence-corrected chi connectivity index (χ0v) is 18.7. The first-order valence-electron chi connectivity index (χ1n) is 10.8. The quantitative estimate of drug-likeness (QED) is 0.400. The molecule has 0 aliphatic carbocycles. The summed E-state index contributed by atoms with van der Waals surface area (Å²) in [4.78, 5) is 28.7. The number of thiophene rings is 1. The van der Waals surface area contributed by atoms with Gasteiger partial charge in [-0.2, -0.15) is 0 Å². The molecule has 1 aliphatic rings. The van der Waals surface area contributed by atoms with Crippen molar-refractivity contribution in [3.05, 3.63) is 106 Å². The number of nitrogens with zero attached hydrogens (tertiary/aromatic N) is 1. The summed E-state index contributed by atoms with van der Waals surface area (Å²) in [5.74, 6) is -0.510. The number of anilines is 1. The van der Waals surface area contributed by atoms with E-state index in [4.69, 9.17) is 5.73 Å². The molecule has 3 aromatic carbocycles. The van der Waals surface area contributed by atoms with Gasteiger partial charge < -0.3 is 10.6 Å². The van der Waals surface area contributed by atoms with E-state index in [0.29, 0.717) is 17.7 Å². The highest BCUT2D eigenvalue weighted by Gasteiger charge is 2.22. The molecule has 0 fully saturated rings. The van der Waals surface area contributed by atoms with Gasteiger partial charge in [0.1, 0.15) is 0 Å². The monoisotopic (exact) mass is 450 g/mol. The van der Waals surface area contributed by atoms with Gasteiger partial charge in [-0.15, -0.1) is 11.3 Å². The third-order valence-electron chi connectivity index (χ3n) is 5.84. The van der Waals surface area contributed by atoms with Crippen LogP contribution in [0.15, 0.2) is 90.3 Å². The number of rotatable bonds is 4. The van der Waals surface area contributed by atoms with Crippen LogP contribution >= 0.6 is 11.3 Å². The number of carbonyl (C=O) groups is 2. The molecule has 2 N–H and O–H groups in total. The van der Waals surface area contributed by atoms with Crippen molar-refractivity contribution in [2.45, 2.75) is 6.42 Å². The minimum Gasteiger partial charge on any atom is -0.366 e. The van der Waals surface area contributed by atoms with E-state index < -0.39 is 5.91 Å². The zero-order chi connectivity index (χ0) is 22.8. The smallest absolute Gasteiger partial charge is 0.258 e. The zero-order valence-electron chi connectivity index (χ0n) is 17.9. The summed E-state index contributed by atoms with van der Waals surface area (Å²) in [6.07, 6.45) is 5.01. The molecule has 4 nitrogen and oxygen atoms in total. The van der Waals surface area contributed by atoms with Crippen molar-refractivity contribution in [3.8, 4) is 22.3 Å². The molecule has 0 unspecified atom stereocenters. The second kappa shape index (κ2) is 8.88. The molecule has 162 valence electrons. The van der Waals surface area contributed by atoms with Crippen LogP contribution in [0.3, 0.4) is 0 Å². The number of hydrogen-bond donors (Lipinski definition) is 1. The molecule has 0 atom stereocenters. The van der Waals surface area contributed by atoms with Gasteiger partial charge in [-0.1, -0.05) is 66.7 Å². The maximum atomic E-state index is 13.3. The third-order valence-corrected chi connectivity index (χ3v) is 6.71. The molecule has 4 aromatic rings. The van der Waals surface area contributed by atoms with Crippen LogP contribution < -0.4 is 10.6 Å². The van der Waals surface area contributed by atoms with E-state index in [1.165, 1.54) is 0 Å². The average molecular weight is 451 g/mol. The fraction of sp³-hybridized carbons (Fsp3) is 0.0714. The van der Waals surface area contributed by atoms with Crippen LogP contribution in [-0.4, -0.2) is 18.4 Å². The molecule has 5 heteroatoms. The van der Waals surface area contributed by atoms with Gasteiger partial charge in [0.15, 0.2) is 0 Å². The van der Waals surface area contributed by atoms with Crippen molar-refractivity contribution in [1.29, 1.82) is 0 Å². The molecule has 0 spiro atoms. The average Bonchev–Trinajstić information content (AvgIpc) is 3.23. The molecule has 33 heavy (non-hydrogen) atoms. The van der Waals surface area contributed by atoms with Gasteiger partial charge in [0.05, 0.1) is 16.1 Å². The topological polar surface area (TPSA) is 63.4 Å². The molecule has 2 amide bonds. The number of amides is 2. The number of primary amides is 1. The molecular formula is C28H22N2O2S. The summed E-state index contributed by atoms with van der Waals surface area (Å²) in [6.45, 7) is 0.645. The highest BCUT2D eigenvalue weighted by Crippen LogP contribution is 2.34. The Hall–Kier alpha value is -3.96. The van der Waals surface area contributed by atoms with Crippen molar-refractivity contribution < 1.29 is 9.59 Å². The van der Waals surface area contributed by atoms with Gasteiger partial charge in [-0.3, -0.25) is 9.59 Å². The Balaban J connectivity index is 1.50. The molecule has 1 aromatic heterocycles. The van der Waals surface area contributed by atoms with E-state index in [0.717, 1.165) is 39.2 Å². The van der Waals surface area contributed by atoms with Crippen molar-refractivity contribution in [2.24, 2.45) is 5.73 Å². The Morgan fingerprint density at radius 1 is 0.818 bits per heavy atom. The first-order valence-corrected chi connectivity index (χ1v) is 11.7. The fourth-order valence-electron chi connectivity index (χ4n) is 4.25. The summed E-state index contributed by atoms with van der Waals surface area (Å²) in [5.41, 5.74) is 11.2. The number of hydrogen-bond acceptors (Lipinski definition) is 3. The van der Waals surface area contributed by atoms with Crippen LogP contribution in [0.1, 0.15) is 32.0 Å². The Kier molecular flexibility index (Phi) is 5.63. The van der Waals surface area contributed by atoms with Gasteiger partial charge in [-0.25, -0.2) is 0 Å². The minimum absolute atomic E-state index is 0.0296. The van der Waals surface area contributed by atoms with E-state index in [-0.39, 0.29) is 5.91 Å². The van der Waals surface area contributed by atoms with Crippen molar-refractivity contribution in [2.75, 3.05) is 11.4 Å². The maximum absolute atomic E-state index is 13.3. The molecule has 1 aliphatic heterocycles. The van der Waals surface area contributed by atoms with Gasteiger partial charge in [0.25, 0.3) is 5.91 Å². The predicted molar refractivity (Wildman–Crippen MR) is 135 cm³/mol. The lowest BCUT2D eigenvalue weighted by Gasteiger charge is -2.21. The van der Waals surface area contributed by atoms with E-state index in [9.17, 15) is 9.59 Å². The van der Waals surface area contributed by atoms with Crippen molar-refractivity contribution in [3.63, 3.8) is 0 Å². The number of nitrogens with two attached hydrogens (primary N) is 1. The lowest BCUT2D eigenvalue weighted by atomic mass is 9.91. The number of fused-ring (bicyclic) bond motifs is 1. The van der Waals surface area contributed by atoms with Crippen LogP contribution in [0.25, 0.3) is 28.3 Å². The SMILES string of the molecule is NC(=O)c1c(-c2ccccc2)cccc1-c1ccc(C(=O)N2CCC=Cc3sccc32)cc1. The summed E-state index contributed by atoms with van der Waals surface area (Å²) >= 11 is 1.63. The lowest BCUT2D eigenvalue weighted by molar-refractivity contribution is 0.0983. The summed E-state index contributed by atoms with van der Waals surface area (Å²) < 4.78 is 0. The second-order valence-corrected chi connectivity index (χ2v) is 8.80. The second-order valence-electron chi connectivity index (χ2n) is 7.85. The number of benzene rings is 3. The largest absolute Gasteiger partial charge is 0.366 e. The standard InChI is InChI=1S/C28H22N2O2S/c29-27(31)26-22(19-7-2-1-3-8-19)9-6-10-23(26)20-12-14-21(15-13-20)28(32)30-17-5-4-11-25-24(30)16-18-33-25/h1-4,6-16,18H,5,17H2,(H2,29,31). The van der Waals surface area contributed by atoms with Gasteiger partial charge in [0, 0.05) is 12.1 Å². The Labute approximate surface area is 196 Å². The molecule has 5 rings (SSSR count). The maximum Gasteiger partial charge on any atom is 0.258 e. The van der Waals surface area contributed by atoms with E-state index in [2.05, 4.69) is 12.2 Å². The molecule has 0 radical (unpaired) electrons. The molecule has 0 saturated heterocycles. The molecule has 2 heterocycles. The van der Waals surface area contributed by atoms with Gasteiger partial charge >= 0.3 is 0 Å². The first-order chi connectivity index (χ1) is 16.1. The lowest BCUT2D eigenvalue weighted by Crippen LogP contribution is -2.31. The third kappa shape index (κ3) is 3.99. The highest BCUT2D eigenvalue weighted by molar-refractivity contribution is 7.11. The van der Waals surface area contributed by atoms with Crippen LogP contribution in [0.4, 0.5) is 5.69 Å². The van der Waals surface area contributed by atoms with Gasteiger partial charge in [-0.05, 0) is 58.3 Å². The van der Waals surface area contributed by atoms with E-state index in [1.54, 1.807) is 11.3 Å². The number of carbonyl (C=O) groups excluding carboxylic acids is 2. The normalized spacial score (nSPS) is 12.8. The molecular weight excluding hydrogens is 428 g/mol. The van der Waals surface area contributed by atoms with Crippen LogP contribution in [-0.2, 0) is 0 Å². The summed E-state index contributed by atoms with van der Waals surface area (Å²) in [6, 6.07) is 24.9. The summed E-state index contributed by atoms with van der Waals surface area (Å²) in [5, 5.41) is 2.01. The molecule has 0 bridgehead atoms. The predicted octanol–water partition coefficient (Wildman–Crippen LogP) is 6.24. The first kappa shape index (κ1) is 20.9. The fourth-order valence-corrected chi connectivity index (χ4v) is 5.07. The van der Waals surface area contributed by atoms with Crippen LogP contribution in [0, 0.1) is 0 Å². The molecule has 0 saturated carbocycles. The van der Waals surface area contributed by atoms with Gasteiger partial charge in [0.2, 0.25) is 5.91 Å². The Morgan fingerprint density at radius 3 is 2.21 bits per heavy atom. The Bertz CT molecular complexity index is 1350. The Morgan fingerprint density at radius 2 is 1.52 bits per heavy atom. The summed E-state index contributed by atoms with van der Waals surface area (Å²) in [7, 11) is 0. The van der Waals surface area contributed by atoms with E-state index >= 15 is 0 Å².